The third-order valence-corrected chi connectivity index (χ3v) is 2.20. The standard InChI is InChI=1S/C11H8N2O3/c14-11(9-5-6-12-7-9)8-1-3-10(4-2-8)13(15)16/h1-7,12H. The molecule has 0 aliphatic carbocycles. The van der Waals surface area contributed by atoms with Crippen LogP contribution in [0.3, 0.4) is 0 Å². The maximum absolute atomic E-state index is 11.8. The van der Waals surface area contributed by atoms with Gasteiger partial charge in [-0.25, -0.2) is 0 Å². The van der Waals surface area contributed by atoms with Crippen molar-refractivity contribution in [2.75, 3.05) is 0 Å². The number of ketones is 1. The molecule has 0 amide bonds. The lowest BCUT2D eigenvalue weighted by molar-refractivity contribution is -0.384. The summed E-state index contributed by atoms with van der Waals surface area (Å²) in [6.45, 7) is 0. The minimum atomic E-state index is -0.495. The van der Waals surface area contributed by atoms with Crippen LogP contribution in [-0.2, 0) is 0 Å². The van der Waals surface area contributed by atoms with Crippen LogP contribution in [0.4, 0.5) is 5.69 Å². The molecule has 1 aromatic heterocycles. The van der Waals surface area contributed by atoms with Crippen molar-refractivity contribution in [2.24, 2.45) is 0 Å². The zero-order chi connectivity index (χ0) is 11.5. The Morgan fingerprint density at radius 2 is 1.81 bits per heavy atom. The van der Waals surface area contributed by atoms with Gasteiger partial charge >= 0.3 is 0 Å². The van der Waals surface area contributed by atoms with E-state index in [4.69, 9.17) is 0 Å². The summed E-state index contributed by atoms with van der Waals surface area (Å²) in [6, 6.07) is 7.20. The van der Waals surface area contributed by atoms with Gasteiger partial charge in [0.25, 0.3) is 5.69 Å². The molecule has 2 aromatic rings. The number of rotatable bonds is 3. The summed E-state index contributed by atoms with van der Waals surface area (Å²) in [7, 11) is 0. The number of H-pyrrole nitrogens is 1. The number of aromatic amines is 1. The van der Waals surface area contributed by atoms with Crippen LogP contribution in [0.15, 0.2) is 42.7 Å². The lowest BCUT2D eigenvalue weighted by atomic mass is 10.1. The van der Waals surface area contributed by atoms with Crippen molar-refractivity contribution in [3.8, 4) is 0 Å². The Labute approximate surface area is 90.9 Å². The monoisotopic (exact) mass is 216 g/mol. The van der Waals surface area contributed by atoms with E-state index in [1.54, 1.807) is 18.5 Å². The van der Waals surface area contributed by atoms with E-state index in [1.165, 1.54) is 24.3 Å². The minimum Gasteiger partial charge on any atom is -0.367 e. The van der Waals surface area contributed by atoms with E-state index in [-0.39, 0.29) is 11.5 Å². The van der Waals surface area contributed by atoms with Gasteiger partial charge in [-0.3, -0.25) is 14.9 Å². The fourth-order valence-electron chi connectivity index (χ4n) is 1.37. The van der Waals surface area contributed by atoms with Crippen molar-refractivity contribution in [3.63, 3.8) is 0 Å². The molecule has 2 rings (SSSR count). The SMILES string of the molecule is O=C(c1ccc([N+](=O)[O-])cc1)c1cc[nH]c1. The number of non-ortho nitro benzene ring substituents is 1. The largest absolute Gasteiger partial charge is 0.367 e. The molecule has 1 N–H and O–H groups in total. The molecule has 0 fully saturated rings. The smallest absolute Gasteiger partial charge is 0.269 e. The predicted octanol–water partition coefficient (Wildman–Crippen LogP) is 2.15. The summed E-state index contributed by atoms with van der Waals surface area (Å²) < 4.78 is 0. The molecule has 5 nitrogen and oxygen atoms in total. The Balaban J connectivity index is 2.29. The molecule has 0 unspecified atom stereocenters. The van der Waals surface area contributed by atoms with Crippen LogP contribution in [0.25, 0.3) is 0 Å². The third-order valence-electron chi connectivity index (χ3n) is 2.20. The van der Waals surface area contributed by atoms with Gasteiger partial charge in [-0.15, -0.1) is 0 Å². The molecule has 1 aromatic carbocycles. The Kier molecular flexibility index (Phi) is 2.51. The molecule has 0 atom stereocenters. The highest BCUT2D eigenvalue weighted by molar-refractivity contribution is 6.08. The first-order chi connectivity index (χ1) is 7.68. The number of nitrogens with one attached hydrogen (secondary N) is 1. The molecule has 1 heterocycles. The Bertz CT molecular complexity index is 515. The number of carbonyl (C=O) groups excluding carboxylic acids is 1. The number of hydrogen-bond acceptors (Lipinski definition) is 3. The molecule has 0 bridgehead atoms. The summed E-state index contributed by atoms with van der Waals surface area (Å²) in [6.07, 6.45) is 3.24. The van der Waals surface area contributed by atoms with Crippen molar-refractivity contribution in [1.29, 1.82) is 0 Å². The summed E-state index contributed by atoms with van der Waals surface area (Å²) in [5.74, 6) is -0.156. The van der Waals surface area contributed by atoms with Gasteiger partial charge in [-0.1, -0.05) is 0 Å². The second kappa shape index (κ2) is 3.98. The fourth-order valence-corrected chi connectivity index (χ4v) is 1.37. The maximum atomic E-state index is 11.8. The number of carbonyl (C=O) groups is 1. The van der Waals surface area contributed by atoms with E-state index in [0.29, 0.717) is 11.1 Å². The summed E-state index contributed by atoms with van der Waals surface area (Å²) in [5.41, 5.74) is 0.949. The maximum Gasteiger partial charge on any atom is 0.269 e. The van der Waals surface area contributed by atoms with Gasteiger partial charge in [0.2, 0.25) is 0 Å². The number of benzene rings is 1. The normalized spacial score (nSPS) is 10.0. The number of nitrogens with zero attached hydrogens (tertiary/aromatic N) is 1. The average Bonchev–Trinajstić information content (AvgIpc) is 2.81. The second-order valence-corrected chi connectivity index (χ2v) is 3.23. The van der Waals surface area contributed by atoms with Crippen LogP contribution in [0, 0.1) is 10.1 Å². The van der Waals surface area contributed by atoms with Gasteiger partial charge < -0.3 is 4.98 Å². The zero-order valence-electron chi connectivity index (χ0n) is 8.21. The molecular formula is C11H8N2O3. The first-order valence-corrected chi connectivity index (χ1v) is 4.60. The van der Waals surface area contributed by atoms with E-state index in [2.05, 4.69) is 4.98 Å². The van der Waals surface area contributed by atoms with Gasteiger partial charge in [0.15, 0.2) is 5.78 Å². The topological polar surface area (TPSA) is 76.0 Å². The number of nitro groups is 1. The van der Waals surface area contributed by atoms with Gasteiger partial charge in [-0.05, 0) is 18.2 Å². The average molecular weight is 216 g/mol. The Morgan fingerprint density at radius 1 is 1.12 bits per heavy atom. The van der Waals surface area contributed by atoms with Crippen LogP contribution in [-0.4, -0.2) is 15.7 Å². The molecule has 0 saturated carbocycles. The van der Waals surface area contributed by atoms with Gasteiger partial charge in [0.1, 0.15) is 0 Å². The van der Waals surface area contributed by atoms with Crippen molar-refractivity contribution in [1.82, 2.24) is 4.98 Å². The van der Waals surface area contributed by atoms with E-state index in [1.807, 2.05) is 0 Å². The Hall–Kier alpha value is -2.43. The highest BCUT2D eigenvalue weighted by atomic mass is 16.6. The molecule has 0 saturated heterocycles. The lowest BCUT2D eigenvalue weighted by Gasteiger charge is -1.97. The van der Waals surface area contributed by atoms with Crippen LogP contribution in [0.5, 0.6) is 0 Å². The highest BCUT2D eigenvalue weighted by Gasteiger charge is 2.11. The van der Waals surface area contributed by atoms with Crippen molar-refractivity contribution < 1.29 is 9.72 Å². The van der Waals surface area contributed by atoms with Crippen LogP contribution < -0.4 is 0 Å². The molecule has 0 spiro atoms. The molecule has 0 aliphatic rings. The lowest BCUT2D eigenvalue weighted by Crippen LogP contribution is -1.99. The molecule has 5 heteroatoms. The predicted molar refractivity (Wildman–Crippen MR) is 57.3 cm³/mol. The summed E-state index contributed by atoms with van der Waals surface area (Å²) in [5, 5.41) is 10.4. The number of hydrogen-bond donors (Lipinski definition) is 1. The van der Waals surface area contributed by atoms with E-state index >= 15 is 0 Å². The van der Waals surface area contributed by atoms with Crippen LogP contribution in [0.2, 0.25) is 0 Å². The minimum absolute atomic E-state index is 0.0226. The molecule has 16 heavy (non-hydrogen) atoms. The van der Waals surface area contributed by atoms with Crippen molar-refractivity contribution in [2.45, 2.75) is 0 Å². The second-order valence-electron chi connectivity index (χ2n) is 3.23. The molecule has 0 radical (unpaired) electrons. The van der Waals surface area contributed by atoms with E-state index in [9.17, 15) is 14.9 Å². The zero-order valence-corrected chi connectivity index (χ0v) is 8.21. The van der Waals surface area contributed by atoms with Crippen molar-refractivity contribution >= 4 is 11.5 Å². The van der Waals surface area contributed by atoms with Gasteiger partial charge in [0, 0.05) is 35.7 Å². The molecular weight excluding hydrogens is 208 g/mol. The molecule has 0 aliphatic heterocycles. The highest BCUT2D eigenvalue weighted by Crippen LogP contribution is 2.14. The first kappa shape index (κ1) is 10.1. The molecule has 80 valence electrons. The summed E-state index contributed by atoms with van der Waals surface area (Å²) >= 11 is 0. The summed E-state index contributed by atoms with van der Waals surface area (Å²) in [4.78, 5) is 24.5. The number of aromatic nitrogens is 1. The number of nitro benzene ring substituents is 1. The Morgan fingerprint density at radius 3 is 2.31 bits per heavy atom. The fraction of sp³-hybridized carbons (Fsp3) is 0. The first-order valence-electron chi connectivity index (χ1n) is 4.60. The van der Waals surface area contributed by atoms with E-state index in [0.717, 1.165) is 0 Å². The van der Waals surface area contributed by atoms with Gasteiger partial charge in [-0.2, -0.15) is 0 Å². The van der Waals surface area contributed by atoms with E-state index < -0.39 is 4.92 Å². The third kappa shape index (κ3) is 1.83. The van der Waals surface area contributed by atoms with Crippen LogP contribution >= 0.6 is 0 Å². The van der Waals surface area contributed by atoms with Crippen molar-refractivity contribution in [3.05, 3.63) is 64.0 Å². The van der Waals surface area contributed by atoms with Crippen LogP contribution in [0.1, 0.15) is 15.9 Å². The quantitative estimate of drug-likeness (QED) is 0.485. The van der Waals surface area contributed by atoms with Gasteiger partial charge in [0.05, 0.1) is 4.92 Å².